The standard InChI is InChI=1S/C15H19N5O2/c1-10(14-19-16-9-20(14)2)17-15(21)18-12-7-8-22-13-6-4-3-5-11(12)13/h3-6,9-10,12H,7-8H2,1-2H3,(H2,17,18,21)/t10-,12-/m1/s1. The van der Waals surface area contributed by atoms with E-state index in [1.807, 2.05) is 38.2 Å². The van der Waals surface area contributed by atoms with Gasteiger partial charge in [0.1, 0.15) is 12.1 Å². The molecular formula is C15H19N5O2. The van der Waals surface area contributed by atoms with Crippen molar-refractivity contribution >= 4 is 6.03 Å². The number of aromatic nitrogens is 3. The Morgan fingerprint density at radius 1 is 1.45 bits per heavy atom. The minimum absolute atomic E-state index is 0.0448. The molecule has 0 saturated carbocycles. The van der Waals surface area contributed by atoms with Crippen LogP contribution in [0.5, 0.6) is 5.75 Å². The highest BCUT2D eigenvalue weighted by Crippen LogP contribution is 2.31. The van der Waals surface area contributed by atoms with Gasteiger partial charge in [0.15, 0.2) is 5.82 Å². The lowest BCUT2D eigenvalue weighted by molar-refractivity contribution is 0.220. The second kappa shape index (κ2) is 6.05. The normalized spacial score (nSPS) is 18.0. The number of amides is 2. The minimum Gasteiger partial charge on any atom is -0.493 e. The molecule has 2 aromatic rings. The molecule has 1 aliphatic heterocycles. The molecule has 7 nitrogen and oxygen atoms in total. The van der Waals surface area contributed by atoms with E-state index in [0.717, 1.165) is 17.7 Å². The number of hydrogen-bond donors (Lipinski definition) is 2. The molecule has 116 valence electrons. The number of aryl methyl sites for hydroxylation is 1. The quantitative estimate of drug-likeness (QED) is 0.904. The smallest absolute Gasteiger partial charge is 0.315 e. The first-order valence-electron chi connectivity index (χ1n) is 7.28. The molecule has 0 saturated heterocycles. The van der Waals surface area contributed by atoms with Crippen molar-refractivity contribution in [2.75, 3.05) is 6.61 Å². The summed E-state index contributed by atoms with van der Waals surface area (Å²) < 4.78 is 7.38. The first kappa shape index (κ1) is 14.4. The van der Waals surface area contributed by atoms with Crippen LogP contribution in [0.25, 0.3) is 0 Å². The van der Waals surface area contributed by atoms with Crippen molar-refractivity contribution < 1.29 is 9.53 Å². The number of carbonyl (C=O) groups excluding carboxylic acids is 1. The molecule has 0 fully saturated rings. The van der Waals surface area contributed by atoms with E-state index in [1.54, 1.807) is 10.9 Å². The van der Waals surface area contributed by atoms with Crippen LogP contribution < -0.4 is 15.4 Å². The zero-order valence-corrected chi connectivity index (χ0v) is 12.6. The molecule has 1 aromatic carbocycles. The molecule has 2 atom stereocenters. The predicted molar refractivity (Wildman–Crippen MR) is 80.4 cm³/mol. The number of fused-ring (bicyclic) bond motifs is 1. The zero-order chi connectivity index (χ0) is 15.5. The molecule has 0 bridgehead atoms. The second-order valence-corrected chi connectivity index (χ2v) is 5.37. The average Bonchev–Trinajstić information content (AvgIpc) is 2.94. The summed E-state index contributed by atoms with van der Waals surface area (Å²) in [6.07, 6.45) is 2.36. The number of ether oxygens (including phenoxy) is 1. The van der Waals surface area contributed by atoms with E-state index in [1.165, 1.54) is 0 Å². The van der Waals surface area contributed by atoms with Crippen molar-refractivity contribution in [2.24, 2.45) is 7.05 Å². The van der Waals surface area contributed by atoms with Crippen LogP contribution in [-0.2, 0) is 7.05 Å². The number of nitrogens with zero attached hydrogens (tertiary/aromatic N) is 3. The SMILES string of the molecule is C[C@@H](NC(=O)N[C@@H]1CCOc2ccccc21)c1nncn1C. The number of para-hydroxylation sites is 1. The van der Waals surface area contributed by atoms with Gasteiger partial charge in [-0.2, -0.15) is 0 Å². The molecule has 2 N–H and O–H groups in total. The largest absolute Gasteiger partial charge is 0.493 e. The lowest BCUT2D eigenvalue weighted by Gasteiger charge is -2.27. The van der Waals surface area contributed by atoms with Gasteiger partial charge in [-0.3, -0.25) is 0 Å². The van der Waals surface area contributed by atoms with Crippen LogP contribution in [0.4, 0.5) is 4.79 Å². The molecule has 1 aromatic heterocycles. The van der Waals surface area contributed by atoms with Crippen molar-refractivity contribution in [1.29, 1.82) is 0 Å². The van der Waals surface area contributed by atoms with Crippen molar-refractivity contribution in [3.05, 3.63) is 42.0 Å². The summed E-state index contributed by atoms with van der Waals surface area (Å²) in [5.41, 5.74) is 1.01. The molecule has 1 aliphatic rings. The monoisotopic (exact) mass is 301 g/mol. The Kier molecular flexibility index (Phi) is 3.95. The van der Waals surface area contributed by atoms with E-state index in [9.17, 15) is 4.79 Å². The highest BCUT2D eigenvalue weighted by Gasteiger charge is 2.23. The minimum atomic E-state index is -0.225. The lowest BCUT2D eigenvalue weighted by atomic mass is 10.0. The van der Waals surface area contributed by atoms with Crippen LogP contribution >= 0.6 is 0 Å². The molecule has 2 amide bonds. The number of carbonyl (C=O) groups is 1. The van der Waals surface area contributed by atoms with Crippen LogP contribution in [0.3, 0.4) is 0 Å². The summed E-state index contributed by atoms with van der Waals surface area (Å²) in [6, 6.07) is 7.28. The molecular weight excluding hydrogens is 282 g/mol. The molecule has 22 heavy (non-hydrogen) atoms. The maximum absolute atomic E-state index is 12.2. The fourth-order valence-corrected chi connectivity index (χ4v) is 2.64. The Morgan fingerprint density at radius 3 is 3.05 bits per heavy atom. The molecule has 0 spiro atoms. The number of benzene rings is 1. The zero-order valence-electron chi connectivity index (χ0n) is 12.6. The molecule has 3 rings (SSSR count). The number of rotatable bonds is 3. The van der Waals surface area contributed by atoms with Crippen LogP contribution in [0.2, 0.25) is 0 Å². The molecule has 0 unspecified atom stereocenters. The first-order valence-corrected chi connectivity index (χ1v) is 7.28. The van der Waals surface area contributed by atoms with E-state index >= 15 is 0 Å². The van der Waals surface area contributed by atoms with E-state index < -0.39 is 0 Å². The Hall–Kier alpha value is -2.57. The summed E-state index contributed by atoms with van der Waals surface area (Å²) in [4.78, 5) is 12.2. The van der Waals surface area contributed by atoms with E-state index in [0.29, 0.717) is 12.4 Å². The van der Waals surface area contributed by atoms with Gasteiger partial charge in [-0.25, -0.2) is 4.79 Å². The number of hydrogen-bond acceptors (Lipinski definition) is 4. The third-order valence-corrected chi connectivity index (χ3v) is 3.75. The lowest BCUT2D eigenvalue weighted by Crippen LogP contribution is -2.41. The van der Waals surface area contributed by atoms with Crippen molar-refractivity contribution in [3.8, 4) is 5.75 Å². The maximum Gasteiger partial charge on any atom is 0.315 e. The van der Waals surface area contributed by atoms with Crippen LogP contribution in [0.1, 0.15) is 36.8 Å². The van der Waals surface area contributed by atoms with Gasteiger partial charge in [0.25, 0.3) is 0 Å². The number of urea groups is 1. The van der Waals surface area contributed by atoms with Crippen molar-refractivity contribution in [2.45, 2.75) is 25.4 Å². The van der Waals surface area contributed by atoms with Gasteiger partial charge in [-0.15, -0.1) is 10.2 Å². The van der Waals surface area contributed by atoms with Crippen molar-refractivity contribution in [3.63, 3.8) is 0 Å². The van der Waals surface area contributed by atoms with Gasteiger partial charge in [-0.1, -0.05) is 18.2 Å². The molecule has 0 aliphatic carbocycles. The Balaban J connectivity index is 1.64. The number of nitrogens with one attached hydrogen (secondary N) is 2. The molecule has 2 heterocycles. The topological polar surface area (TPSA) is 81.1 Å². The highest BCUT2D eigenvalue weighted by atomic mass is 16.5. The van der Waals surface area contributed by atoms with Gasteiger partial charge < -0.3 is 19.9 Å². The maximum atomic E-state index is 12.2. The fourth-order valence-electron chi connectivity index (χ4n) is 2.64. The third kappa shape index (κ3) is 2.88. The van der Waals surface area contributed by atoms with Gasteiger partial charge in [0.2, 0.25) is 0 Å². The average molecular weight is 301 g/mol. The van der Waals surface area contributed by atoms with Crippen LogP contribution in [0, 0.1) is 0 Å². The predicted octanol–water partition coefficient (Wildman–Crippen LogP) is 1.70. The van der Waals surface area contributed by atoms with Gasteiger partial charge >= 0.3 is 6.03 Å². The fraction of sp³-hybridized carbons (Fsp3) is 0.400. The van der Waals surface area contributed by atoms with E-state index in [-0.39, 0.29) is 18.1 Å². The molecule has 7 heteroatoms. The molecule has 0 radical (unpaired) electrons. The Bertz CT molecular complexity index is 669. The van der Waals surface area contributed by atoms with E-state index in [2.05, 4.69) is 20.8 Å². The summed E-state index contributed by atoms with van der Waals surface area (Å²) in [5, 5.41) is 13.7. The van der Waals surface area contributed by atoms with Crippen molar-refractivity contribution in [1.82, 2.24) is 25.4 Å². The van der Waals surface area contributed by atoms with Gasteiger partial charge in [0, 0.05) is 19.0 Å². The summed E-state index contributed by atoms with van der Waals surface area (Å²) in [7, 11) is 1.85. The Morgan fingerprint density at radius 2 is 2.27 bits per heavy atom. The highest BCUT2D eigenvalue weighted by molar-refractivity contribution is 5.75. The summed E-state index contributed by atoms with van der Waals surface area (Å²) in [5.74, 6) is 1.54. The van der Waals surface area contributed by atoms with Gasteiger partial charge in [0.05, 0.1) is 18.7 Å². The van der Waals surface area contributed by atoms with Crippen LogP contribution in [0.15, 0.2) is 30.6 Å². The Labute approximate surface area is 128 Å². The van der Waals surface area contributed by atoms with E-state index in [4.69, 9.17) is 4.74 Å². The summed E-state index contributed by atoms with van der Waals surface area (Å²) in [6.45, 7) is 2.47. The van der Waals surface area contributed by atoms with Crippen LogP contribution in [-0.4, -0.2) is 27.4 Å². The third-order valence-electron chi connectivity index (χ3n) is 3.75. The first-order chi connectivity index (χ1) is 10.6. The second-order valence-electron chi connectivity index (χ2n) is 5.37. The summed E-state index contributed by atoms with van der Waals surface area (Å²) >= 11 is 0. The van der Waals surface area contributed by atoms with Gasteiger partial charge in [-0.05, 0) is 13.0 Å².